The van der Waals surface area contributed by atoms with E-state index in [-0.39, 0.29) is 12.2 Å². The molecule has 0 fully saturated rings. The SMILES string of the molecule is FC(=CCC(F)(F)F)SC(F)=CCC(F)(F)F. The second kappa shape index (κ2) is 6.27. The standard InChI is InChI=1S/C8H6F8S/c9-5(1-3-7(11,12)13)17-6(10)2-4-8(14,15)16/h1-2H,3-4H2. The summed E-state index contributed by atoms with van der Waals surface area (Å²) in [5, 5.41) is -3.09. The van der Waals surface area contributed by atoms with E-state index in [0.29, 0.717) is 0 Å². The normalized spacial score (nSPS) is 15.3. The number of halogens is 8. The van der Waals surface area contributed by atoms with Crippen LogP contribution in [0.5, 0.6) is 0 Å². The average molecular weight is 286 g/mol. The van der Waals surface area contributed by atoms with Crippen LogP contribution in [-0.2, 0) is 0 Å². The summed E-state index contributed by atoms with van der Waals surface area (Å²) in [6.45, 7) is 0. The molecule has 0 aromatic carbocycles. The average Bonchev–Trinajstić information content (AvgIpc) is 2.09. The van der Waals surface area contributed by atoms with Gasteiger partial charge in [-0.25, -0.2) is 0 Å². The lowest BCUT2D eigenvalue weighted by Crippen LogP contribution is -2.04. The van der Waals surface area contributed by atoms with Crippen molar-refractivity contribution in [2.75, 3.05) is 0 Å². The molecule has 0 unspecified atom stereocenters. The van der Waals surface area contributed by atoms with E-state index in [1.165, 1.54) is 0 Å². The molecule has 0 saturated carbocycles. The molecule has 0 aliphatic heterocycles. The zero-order valence-corrected chi connectivity index (χ0v) is 8.82. The van der Waals surface area contributed by atoms with Gasteiger partial charge in [0.1, 0.15) is 0 Å². The first-order valence-corrected chi connectivity index (χ1v) is 4.84. The molecule has 0 heterocycles. The minimum atomic E-state index is -4.65. The summed E-state index contributed by atoms with van der Waals surface area (Å²) in [5.74, 6) is 0. The van der Waals surface area contributed by atoms with Crippen molar-refractivity contribution in [1.82, 2.24) is 0 Å². The van der Waals surface area contributed by atoms with Crippen molar-refractivity contribution in [1.29, 1.82) is 0 Å². The van der Waals surface area contributed by atoms with Gasteiger partial charge in [-0.05, 0) is 23.9 Å². The summed E-state index contributed by atoms with van der Waals surface area (Å²) in [7, 11) is 0. The first kappa shape index (κ1) is 16.3. The van der Waals surface area contributed by atoms with E-state index < -0.39 is 47.3 Å². The molecule has 9 heteroatoms. The van der Waals surface area contributed by atoms with Crippen molar-refractivity contribution in [3.8, 4) is 0 Å². The predicted octanol–water partition coefficient (Wildman–Crippen LogP) is 5.25. The number of alkyl halides is 6. The number of rotatable bonds is 4. The second-order valence-corrected chi connectivity index (χ2v) is 3.74. The Morgan fingerprint density at radius 3 is 1.29 bits per heavy atom. The zero-order chi connectivity index (χ0) is 13.7. The van der Waals surface area contributed by atoms with Gasteiger partial charge < -0.3 is 0 Å². The van der Waals surface area contributed by atoms with Gasteiger partial charge >= 0.3 is 12.4 Å². The summed E-state index contributed by atoms with van der Waals surface area (Å²) >= 11 is -0.430. The van der Waals surface area contributed by atoms with E-state index in [2.05, 4.69) is 0 Å². The van der Waals surface area contributed by atoms with Crippen LogP contribution in [0, 0.1) is 0 Å². The van der Waals surface area contributed by atoms with Crippen molar-refractivity contribution in [2.24, 2.45) is 0 Å². The predicted molar refractivity (Wildman–Crippen MR) is 47.3 cm³/mol. The molecule has 0 radical (unpaired) electrons. The zero-order valence-electron chi connectivity index (χ0n) is 8.00. The van der Waals surface area contributed by atoms with Gasteiger partial charge in [0.2, 0.25) is 0 Å². The molecule has 0 bridgehead atoms. The number of hydrogen-bond acceptors (Lipinski definition) is 1. The number of allylic oxidation sites excluding steroid dienone is 2. The van der Waals surface area contributed by atoms with Crippen LogP contribution in [0.1, 0.15) is 12.8 Å². The minimum absolute atomic E-state index is 0.0473. The summed E-state index contributed by atoms with van der Waals surface area (Å²) in [4.78, 5) is 0. The molecular formula is C8H6F8S. The summed E-state index contributed by atoms with van der Waals surface area (Å²) in [6, 6.07) is 0. The Labute approximate surface area is 95.4 Å². The lowest BCUT2D eigenvalue weighted by Gasteiger charge is -2.02. The van der Waals surface area contributed by atoms with Crippen LogP contribution >= 0.6 is 11.8 Å². The van der Waals surface area contributed by atoms with E-state index in [0.717, 1.165) is 0 Å². The molecule has 17 heavy (non-hydrogen) atoms. The Balaban J connectivity index is 4.25. The minimum Gasteiger partial charge on any atom is -0.199 e. The van der Waals surface area contributed by atoms with Gasteiger partial charge in [0.25, 0.3) is 0 Å². The highest BCUT2D eigenvalue weighted by Crippen LogP contribution is 2.32. The Morgan fingerprint density at radius 1 is 0.765 bits per heavy atom. The van der Waals surface area contributed by atoms with Crippen molar-refractivity contribution in [2.45, 2.75) is 25.2 Å². The summed E-state index contributed by atoms with van der Waals surface area (Å²) in [6.07, 6.45) is -12.4. The van der Waals surface area contributed by atoms with E-state index in [1.54, 1.807) is 0 Å². The smallest absolute Gasteiger partial charge is 0.199 e. The monoisotopic (exact) mass is 286 g/mol. The molecule has 0 aromatic rings. The van der Waals surface area contributed by atoms with Crippen LogP contribution < -0.4 is 0 Å². The third-order valence-corrected chi connectivity index (χ3v) is 1.91. The fraction of sp³-hybridized carbons (Fsp3) is 0.500. The maximum atomic E-state index is 12.6. The molecule has 0 saturated heterocycles. The Morgan fingerprint density at radius 2 is 1.06 bits per heavy atom. The fourth-order valence-corrected chi connectivity index (χ4v) is 1.09. The van der Waals surface area contributed by atoms with Crippen molar-refractivity contribution in [3.05, 3.63) is 22.5 Å². The van der Waals surface area contributed by atoms with Crippen molar-refractivity contribution in [3.63, 3.8) is 0 Å². The highest BCUT2D eigenvalue weighted by Gasteiger charge is 2.27. The first-order chi connectivity index (χ1) is 7.49. The topological polar surface area (TPSA) is 0 Å². The van der Waals surface area contributed by atoms with E-state index in [9.17, 15) is 35.1 Å². The molecule has 0 aliphatic carbocycles. The maximum absolute atomic E-state index is 12.6. The van der Waals surface area contributed by atoms with Crippen LogP contribution in [0.3, 0.4) is 0 Å². The molecule has 0 aromatic heterocycles. The molecular weight excluding hydrogens is 280 g/mol. The quantitative estimate of drug-likeness (QED) is 0.636. The first-order valence-electron chi connectivity index (χ1n) is 4.02. The summed E-state index contributed by atoms with van der Waals surface area (Å²) < 4.78 is 94.6. The van der Waals surface area contributed by atoms with Gasteiger partial charge in [-0.2, -0.15) is 35.1 Å². The Bertz CT molecular complexity index is 268. The van der Waals surface area contributed by atoms with E-state index >= 15 is 0 Å². The Hall–Kier alpha value is -0.730. The molecule has 0 N–H and O–H groups in total. The highest BCUT2D eigenvalue weighted by atomic mass is 32.2. The molecule has 100 valence electrons. The van der Waals surface area contributed by atoms with Crippen molar-refractivity contribution >= 4 is 11.8 Å². The van der Waals surface area contributed by atoms with Crippen molar-refractivity contribution < 1.29 is 35.1 Å². The molecule has 0 aliphatic rings. The van der Waals surface area contributed by atoms with E-state index in [1.807, 2.05) is 0 Å². The third-order valence-electron chi connectivity index (χ3n) is 1.18. The highest BCUT2D eigenvalue weighted by molar-refractivity contribution is 8.06. The molecule has 0 spiro atoms. The van der Waals surface area contributed by atoms with Gasteiger partial charge in [0.15, 0.2) is 10.3 Å². The van der Waals surface area contributed by atoms with Crippen LogP contribution in [0.2, 0.25) is 0 Å². The lowest BCUT2D eigenvalue weighted by molar-refractivity contribution is -0.126. The fourth-order valence-electron chi connectivity index (χ4n) is 0.568. The van der Waals surface area contributed by atoms with Crippen LogP contribution in [0.4, 0.5) is 35.1 Å². The van der Waals surface area contributed by atoms with Gasteiger partial charge in [-0.15, -0.1) is 0 Å². The Kier molecular flexibility index (Phi) is 6.00. The van der Waals surface area contributed by atoms with Crippen LogP contribution in [0.15, 0.2) is 22.5 Å². The molecule has 0 nitrogen and oxygen atoms in total. The maximum Gasteiger partial charge on any atom is 0.392 e. The number of thioether (sulfide) groups is 1. The van der Waals surface area contributed by atoms with Crippen LogP contribution in [-0.4, -0.2) is 12.4 Å². The van der Waals surface area contributed by atoms with E-state index in [4.69, 9.17) is 0 Å². The van der Waals surface area contributed by atoms with Gasteiger partial charge in [-0.1, -0.05) is 0 Å². The summed E-state index contributed by atoms with van der Waals surface area (Å²) in [5.41, 5.74) is 0. The van der Waals surface area contributed by atoms with Gasteiger partial charge in [0, 0.05) is 0 Å². The van der Waals surface area contributed by atoms with Crippen LogP contribution in [0.25, 0.3) is 0 Å². The number of hydrogen-bond donors (Lipinski definition) is 0. The lowest BCUT2D eigenvalue weighted by atomic mass is 10.4. The van der Waals surface area contributed by atoms with Gasteiger partial charge in [0.05, 0.1) is 12.8 Å². The molecule has 0 amide bonds. The second-order valence-electron chi connectivity index (χ2n) is 2.76. The largest absolute Gasteiger partial charge is 0.392 e. The van der Waals surface area contributed by atoms with Gasteiger partial charge in [-0.3, -0.25) is 0 Å². The molecule has 0 rings (SSSR count). The molecule has 0 atom stereocenters. The third kappa shape index (κ3) is 11.5.